The zero-order valence-electron chi connectivity index (χ0n) is 11.7. The molecular weight excluding hydrogens is 254 g/mol. The Balaban J connectivity index is 1.99. The third kappa shape index (κ3) is 2.46. The van der Waals surface area contributed by atoms with E-state index in [2.05, 4.69) is 29.1 Å². The topological polar surface area (TPSA) is 37.8 Å². The molecule has 0 aromatic carbocycles. The van der Waals surface area contributed by atoms with Gasteiger partial charge in [-0.25, -0.2) is 9.97 Å². The summed E-state index contributed by atoms with van der Waals surface area (Å²) >= 11 is 1.87. The minimum absolute atomic E-state index is 0.810. The molecule has 2 heterocycles. The molecule has 1 atom stereocenters. The van der Waals surface area contributed by atoms with E-state index < -0.39 is 0 Å². The van der Waals surface area contributed by atoms with Crippen LogP contribution in [0.15, 0.2) is 6.33 Å². The highest BCUT2D eigenvalue weighted by Gasteiger charge is 2.22. The summed E-state index contributed by atoms with van der Waals surface area (Å²) in [5.41, 5.74) is 1.51. The third-order valence-corrected chi connectivity index (χ3v) is 5.08. The number of nitrogens with one attached hydrogen (secondary N) is 1. The number of thiophene rings is 1. The van der Waals surface area contributed by atoms with E-state index in [1.54, 1.807) is 6.33 Å². The average molecular weight is 275 g/mol. The van der Waals surface area contributed by atoms with Crippen LogP contribution >= 0.6 is 11.3 Å². The predicted octanol–water partition coefficient (Wildman–Crippen LogP) is 4.03. The molecule has 1 unspecified atom stereocenters. The monoisotopic (exact) mass is 275 g/mol. The lowest BCUT2D eigenvalue weighted by Crippen LogP contribution is -2.09. The van der Waals surface area contributed by atoms with Gasteiger partial charge in [0, 0.05) is 11.4 Å². The zero-order valence-corrected chi connectivity index (χ0v) is 12.5. The molecule has 102 valence electrons. The van der Waals surface area contributed by atoms with Crippen LogP contribution in [0.1, 0.15) is 43.6 Å². The van der Waals surface area contributed by atoms with Crippen molar-refractivity contribution < 1.29 is 0 Å². The zero-order chi connectivity index (χ0) is 13.2. The van der Waals surface area contributed by atoms with Crippen molar-refractivity contribution in [3.05, 3.63) is 16.8 Å². The molecule has 0 amide bonds. The molecule has 0 saturated heterocycles. The van der Waals surface area contributed by atoms with Gasteiger partial charge in [0.25, 0.3) is 0 Å². The Morgan fingerprint density at radius 1 is 1.42 bits per heavy atom. The van der Waals surface area contributed by atoms with Crippen LogP contribution in [-0.4, -0.2) is 16.5 Å². The van der Waals surface area contributed by atoms with Crippen LogP contribution in [-0.2, 0) is 12.8 Å². The highest BCUT2D eigenvalue weighted by atomic mass is 32.1. The molecule has 4 heteroatoms. The first kappa shape index (κ1) is 12.9. The van der Waals surface area contributed by atoms with Crippen LogP contribution in [0.5, 0.6) is 0 Å². The molecule has 0 spiro atoms. The first-order chi connectivity index (χ1) is 9.29. The fourth-order valence-corrected chi connectivity index (χ4v) is 4.14. The van der Waals surface area contributed by atoms with Crippen molar-refractivity contribution in [2.24, 2.45) is 5.92 Å². The fraction of sp³-hybridized carbons (Fsp3) is 0.600. The number of hydrogen-bond donors (Lipinski definition) is 1. The van der Waals surface area contributed by atoms with Gasteiger partial charge in [0.1, 0.15) is 17.0 Å². The SMILES string of the molecule is CCCCNc1ncnc2sc3c(c12)CCC(C)C3. The minimum Gasteiger partial charge on any atom is -0.369 e. The van der Waals surface area contributed by atoms with Gasteiger partial charge in [-0.15, -0.1) is 11.3 Å². The summed E-state index contributed by atoms with van der Waals surface area (Å²) in [6.07, 6.45) is 7.79. The van der Waals surface area contributed by atoms with Crippen LogP contribution in [0.2, 0.25) is 0 Å². The second-order valence-electron chi connectivity index (χ2n) is 5.53. The van der Waals surface area contributed by atoms with Crippen molar-refractivity contribution in [3.63, 3.8) is 0 Å². The minimum atomic E-state index is 0.810. The first-order valence-corrected chi connectivity index (χ1v) is 8.10. The van der Waals surface area contributed by atoms with Gasteiger partial charge in [0.05, 0.1) is 5.39 Å². The lowest BCUT2D eigenvalue weighted by molar-refractivity contribution is 0.509. The molecule has 2 aromatic heterocycles. The molecule has 0 aliphatic heterocycles. The quantitative estimate of drug-likeness (QED) is 0.856. The van der Waals surface area contributed by atoms with Gasteiger partial charge in [0.2, 0.25) is 0 Å². The van der Waals surface area contributed by atoms with E-state index in [0.717, 1.165) is 23.1 Å². The van der Waals surface area contributed by atoms with Crippen LogP contribution in [0, 0.1) is 5.92 Å². The summed E-state index contributed by atoms with van der Waals surface area (Å²) in [6.45, 7) is 5.56. The van der Waals surface area contributed by atoms with Crippen molar-refractivity contribution >= 4 is 27.4 Å². The van der Waals surface area contributed by atoms with Gasteiger partial charge in [-0.05, 0) is 37.2 Å². The summed E-state index contributed by atoms with van der Waals surface area (Å²) in [5.74, 6) is 1.86. The summed E-state index contributed by atoms with van der Waals surface area (Å²) < 4.78 is 0. The average Bonchev–Trinajstić information content (AvgIpc) is 2.77. The van der Waals surface area contributed by atoms with Gasteiger partial charge >= 0.3 is 0 Å². The van der Waals surface area contributed by atoms with Crippen molar-refractivity contribution in [2.45, 2.75) is 46.0 Å². The maximum absolute atomic E-state index is 4.47. The Hall–Kier alpha value is -1.16. The van der Waals surface area contributed by atoms with E-state index in [0.29, 0.717) is 0 Å². The Kier molecular flexibility index (Phi) is 3.69. The molecule has 1 aliphatic carbocycles. The molecule has 1 N–H and O–H groups in total. The molecule has 1 aliphatic rings. The highest BCUT2D eigenvalue weighted by molar-refractivity contribution is 7.19. The summed E-state index contributed by atoms with van der Waals surface area (Å²) in [5, 5.41) is 4.79. The standard InChI is InChI=1S/C15H21N3S/c1-3-4-7-16-14-13-11-6-5-10(2)8-12(11)19-15(13)18-9-17-14/h9-10H,3-8H2,1-2H3,(H,16,17,18). The molecule has 0 radical (unpaired) electrons. The predicted molar refractivity (Wildman–Crippen MR) is 82.0 cm³/mol. The van der Waals surface area contributed by atoms with Gasteiger partial charge in [-0.1, -0.05) is 20.3 Å². The lowest BCUT2D eigenvalue weighted by atomic mass is 9.89. The normalized spacial score (nSPS) is 18.5. The van der Waals surface area contributed by atoms with E-state index in [9.17, 15) is 0 Å². The van der Waals surface area contributed by atoms with Crippen LogP contribution in [0.4, 0.5) is 5.82 Å². The van der Waals surface area contributed by atoms with E-state index in [1.165, 1.54) is 47.9 Å². The van der Waals surface area contributed by atoms with E-state index in [1.807, 2.05) is 11.3 Å². The van der Waals surface area contributed by atoms with Crippen LogP contribution in [0.3, 0.4) is 0 Å². The van der Waals surface area contributed by atoms with E-state index >= 15 is 0 Å². The largest absolute Gasteiger partial charge is 0.369 e. The number of fused-ring (bicyclic) bond motifs is 3. The van der Waals surface area contributed by atoms with Crippen molar-refractivity contribution in [1.29, 1.82) is 0 Å². The van der Waals surface area contributed by atoms with Crippen molar-refractivity contribution in [1.82, 2.24) is 9.97 Å². The number of anilines is 1. The summed E-state index contributed by atoms with van der Waals surface area (Å²) in [7, 11) is 0. The van der Waals surface area contributed by atoms with E-state index in [4.69, 9.17) is 0 Å². The van der Waals surface area contributed by atoms with Crippen LogP contribution in [0.25, 0.3) is 10.2 Å². The number of unbranched alkanes of at least 4 members (excludes halogenated alkanes) is 1. The molecule has 0 saturated carbocycles. The second-order valence-corrected chi connectivity index (χ2v) is 6.62. The molecule has 19 heavy (non-hydrogen) atoms. The molecule has 3 rings (SSSR count). The maximum atomic E-state index is 4.47. The molecule has 2 aromatic rings. The molecule has 0 bridgehead atoms. The van der Waals surface area contributed by atoms with Gasteiger partial charge in [-0.2, -0.15) is 0 Å². The number of nitrogens with zero attached hydrogens (tertiary/aromatic N) is 2. The first-order valence-electron chi connectivity index (χ1n) is 7.28. The van der Waals surface area contributed by atoms with Crippen molar-refractivity contribution in [3.8, 4) is 0 Å². The fourth-order valence-electron chi connectivity index (χ4n) is 2.79. The Morgan fingerprint density at radius 3 is 3.16 bits per heavy atom. The van der Waals surface area contributed by atoms with Gasteiger partial charge in [0.15, 0.2) is 0 Å². The Morgan fingerprint density at radius 2 is 2.32 bits per heavy atom. The Bertz CT molecular complexity index is 576. The molecule has 0 fully saturated rings. The number of rotatable bonds is 4. The molecule has 3 nitrogen and oxygen atoms in total. The third-order valence-electron chi connectivity index (χ3n) is 3.91. The summed E-state index contributed by atoms with van der Waals surface area (Å²) in [6, 6.07) is 0. The number of aromatic nitrogens is 2. The highest BCUT2D eigenvalue weighted by Crippen LogP contribution is 2.39. The number of hydrogen-bond acceptors (Lipinski definition) is 4. The van der Waals surface area contributed by atoms with Gasteiger partial charge in [-0.3, -0.25) is 0 Å². The summed E-state index contributed by atoms with van der Waals surface area (Å²) in [4.78, 5) is 11.6. The number of aryl methyl sites for hydroxylation is 1. The molecular formula is C15H21N3S. The van der Waals surface area contributed by atoms with Crippen LogP contribution < -0.4 is 5.32 Å². The second kappa shape index (κ2) is 5.45. The van der Waals surface area contributed by atoms with Gasteiger partial charge < -0.3 is 5.32 Å². The Labute approximate surface area is 118 Å². The van der Waals surface area contributed by atoms with E-state index in [-0.39, 0.29) is 0 Å². The van der Waals surface area contributed by atoms with Crippen molar-refractivity contribution in [2.75, 3.05) is 11.9 Å². The maximum Gasteiger partial charge on any atom is 0.138 e. The lowest BCUT2D eigenvalue weighted by Gasteiger charge is -2.18. The smallest absolute Gasteiger partial charge is 0.138 e.